The molecular weight excluding hydrogens is 279 g/mol. The van der Waals surface area contributed by atoms with Crippen molar-refractivity contribution in [3.8, 4) is 0 Å². The molecule has 1 aliphatic heterocycles. The highest BCUT2D eigenvalue weighted by molar-refractivity contribution is 9.10. The van der Waals surface area contributed by atoms with Crippen LogP contribution in [0.1, 0.15) is 25.0 Å². The van der Waals surface area contributed by atoms with Crippen molar-refractivity contribution in [1.29, 1.82) is 0 Å². The van der Waals surface area contributed by atoms with E-state index in [-0.39, 0.29) is 0 Å². The molecule has 0 aliphatic carbocycles. The highest BCUT2D eigenvalue weighted by Gasteiger charge is 2.15. The van der Waals surface area contributed by atoms with E-state index in [1.165, 1.54) is 12.8 Å². The molecule has 0 amide bonds. The first kappa shape index (κ1) is 11.3. The summed E-state index contributed by atoms with van der Waals surface area (Å²) in [5.74, 6) is 0. The minimum absolute atomic E-state index is 0.293. The second kappa shape index (κ2) is 5.23. The van der Waals surface area contributed by atoms with Crippen LogP contribution in [-0.4, -0.2) is 22.9 Å². The van der Waals surface area contributed by atoms with Crippen molar-refractivity contribution in [3.05, 3.63) is 21.4 Å². The molecule has 5 heteroatoms. The normalized spacial score (nSPS) is 21.6. The largest absolute Gasteiger partial charge is 0.378 e. The van der Waals surface area contributed by atoms with Gasteiger partial charge in [-0.1, -0.05) is 11.6 Å². The predicted octanol–water partition coefficient (Wildman–Crippen LogP) is 3.00. The molecule has 1 aromatic heterocycles. The van der Waals surface area contributed by atoms with E-state index in [1.807, 2.05) is 6.07 Å². The van der Waals surface area contributed by atoms with E-state index >= 15 is 0 Å². The Labute approximate surface area is 102 Å². The fourth-order valence-electron chi connectivity index (χ4n) is 1.69. The Hall–Kier alpha value is -0.190. The molecular formula is C10H12BrClN2O. The lowest BCUT2D eigenvalue weighted by Gasteiger charge is -2.21. The topological polar surface area (TPSA) is 35.0 Å². The maximum absolute atomic E-state index is 5.77. The predicted molar refractivity (Wildman–Crippen MR) is 62.0 cm³/mol. The average Bonchev–Trinajstić information content (AvgIpc) is 2.25. The van der Waals surface area contributed by atoms with E-state index in [1.54, 1.807) is 0 Å². The molecule has 0 N–H and O–H groups in total. The van der Waals surface area contributed by atoms with Crippen LogP contribution in [0.25, 0.3) is 0 Å². The molecule has 0 aromatic carbocycles. The third-order valence-electron chi connectivity index (χ3n) is 2.47. The molecule has 2 rings (SSSR count). The summed E-state index contributed by atoms with van der Waals surface area (Å²) in [6, 6.07) is 1.91. The number of ether oxygens (including phenoxy) is 1. The summed E-state index contributed by atoms with van der Waals surface area (Å²) in [7, 11) is 0. The van der Waals surface area contributed by atoms with Crippen LogP contribution in [0.4, 0.5) is 0 Å². The minimum Gasteiger partial charge on any atom is -0.378 e. The zero-order chi connectivity index (χ0) is 10.7. The zero-order valence-corrected chi connectivity index (χ0v) is 10.6. The molecule has 1 aliphatic rings. The fourth-order valence-corrected chi connectivity index (χ4v) is 2.13. The van der Waals surface area contributed by atoms with Crippen molar-refractivity contribution in [1.82, 2.24) is 10.2 Å². The first-order valence-electron chi connectivity index (χ1n) is 5.05. The van der Waals surface area contributed by atoms with Crippen LogP contribution in [0.2, 0.25) is 5.15 Å². The van der Waals surface area contributed by atoms with E-state index in [4.69, 9.17) is 16.3 Å². The second-order valence-electron chi connectivity index (χ2n) is 3.67. The van der Waals surface area contributed by atoms with Gasteiger partial charge in [-0.2, -0.15) is 5.10 Å². The molecule has 0 radical (unpaired) electrons. The molecule has 1 saturated heterocycles. The fraction of sp³-hybridized carbons (Fsp3) is 0.600. The number of rotatable bonds is 2. The van der Waals surface area contributed by atoms with Gasteiger partial charge in [0.15, 0.2) is 5.15 Å². The third kappa shape index (κ3) is 3.13. The molecule has 0 spiro atoms. The highest BCUT2D eigenvalue weighted by Crippen LogP contribution is 2.21. The first-order chi connectivity index (χ1) is 7.25. The van der Waals surface area contributed by atoms with Crippen molar-refractivity contribution in [2.75, 3.05) is 6.61 Å². The van der Waals surface area contributed by atoms with Gasteiger partial charge in [0.1, 0.15) is 0 Å². The summed E-state index contributed by atoms with van der Waals surface area (Å²) in [6.07, 6.45) is 4.64. The van der Waals surface area contributed by atoms with Crippen molar-refractivity contribution in [2.24, 2.45) is 0 Å². The van der Waals surface area contributed by atoms with Gasteiger partial charge in [0.25, 0.3) is 0 Å². The molecule has 3 nitrogen and oxygen atoms in total. The number of aromatic nitrogens is 2. The van der Waals surface area contributed by atoms with Gasteiger partial charge in [0.2, 0.25) is 0 Å². The Kier molecular flexibility index (Phi) is 3.94. The smallest absolute Gasteiger partial charge is 0.165 e. The Morgan fingerprint density at radius 3 is 3.00 bits per heavy atom. The van der Waals surface area contributed by atoms with Gasteiger partial charge in [-0.05, 0) is 41.3 Å². The van der Waals surface area contributed by atoms with Crippen molar-refractivity contribution >= 4 is 27.5 Å². The summed E-state index contributed by atoms with van der Waals surface area (Å²) >= 11 is 9.11. The van der Waals surface area contributed by atoms with Crippen LogP contribution in [0.15, 0.2) is 10.5 Å². The molecule has 1 aromatic rings. The summed E-state index contributed by atoms with van der Waals surface area (Å²) in [5.41, 5.74) is 0.929. The lowest BCUT2D eigenvalue weighted by molar-refractivity contribution is 0.0161. The number of halogens is 2. The molecule has 0 bridgehead atoms. The Balaban J connectivity index is 2.00. The van der Waals surface area contributed by atoms with Crippen molar-refractivity contribution in [3.63, 3.8) is 0 Å². The lowest BCUT2D eigenvalue weighted by Crippen LogP contribution is -2.22. The number of hydrogen-bond donors (Lipinski definition) is 0. The molecule has 0 saturated carbocycles. The molecule has 1 atom stereocenters. The number of nitrogens with zero attached hydrogens (tertiary/aromatic N) is 2. The molecule has 82 valence electrons. The van der Waals surface area contributed by atoms with Crippen LogP contribution in [-0.2, 0) is 11.2 Å². The second-order valence-corrected chi connectivity index (χ2v) is 4.88. The zero-order valence-electron chi connectivity index (χ0n) is 8.25. The molecule has 1 fully saturated rings. The van der Waals surface area contributed by atoms with Gasteiger partial charge in [-0.3, -0.25) is 0 Å². The van der Waals surface area contributed by atoms with Crippen LogP contribution in [0, 0.1) is 0 Å². The first-order valence-corrected chi connectivity index (χ1v) is 6.22. The van der Waals surface area contributed by atoms with E-state index in [9.17, 15) is 0 Å². The lowest BCUT2D eigenvalue weighted by atomic mass is 10.0. The molecule has 15 heavy (non-hydrogen) atoms. The van der Waals surface area contributed by atoms with Crippen LogP contribution >= 0.6 is 27.5 Å². The maximum Gasteiger partial charge on any atom is 0.165 e. The Morgan fingerprint density at radius 1 is 1.47 bits per heavy atom. The van der Waals surface area contributed by atoms with E-state index < -0.39 is 0 Å². The van der Waals surface area contributed by atoms with Gasteiger partial charge in [-0.25, -0.2) is 0 Å². The molecule has 2 heterocycles. The standard InChI is InChI=1S/C10H12BrClN2O/c11-9-6-7(13-14-10(9)12)5-8-3-1-2-4-15-8/h6,8H,1-5H2. The van der Waals surface area contributed by atoms with Gasteiger partial charge in [0.05, 0.1) is 16.3 Å². The van der Waals surface area contributed by atoms with Crippen LogP contribution < -0.4 is 0 Å². The third-order valence-corrected chi connectivity index (χ3v) is 3.58. The SMILES string of the molecule is Clc1nnc(CC2CCCCO2)cc1Br. The van der Waals surface area contributed by atoms with Crippen molar-refractivity contribution < 1.29 is 4.74 Å². The summed E-state index contributed by atoms with van der Waals surface area (Å²) in [4.78, 5) is 0. The number of hydrogen-bond acceptors (Lipinski definition) is 3. The van der Waals surface area contributed by atoms with Gasteiger partial charge in [0, 0.05) is 13.0 Å². The quantitative estimate of drug-likeness (QED) is 0.840. The molecule has 1 unspecified atom stereocenters. The highest BCUT2D eigenvalue weighted by atomic mass is 79.9. The van der Waals surface area contributed by atoms with Crippen molar-refractivity contribution in [2.45, 2.75) is 31.8 Å². The Morgan fingerprint density at radius 2 is 2.33 bits per heavy atom. The van der Waals surface area contributed by atoms with E-state index in [2.05, 4.69) is 26.1 Å². The summed E-state index contributed by atoms with van der Waals surface area (Å²) < 4.78 is 6.43. The van der Waals surface area contributed by atoms with Gasteiger partial charge < -0.3 is 4.74 Å². The summed E-state index contributed by atoms with van der Waals surface area (Å²) in [5, 5.41) is 8.30. The Bertz CT molecular complexity index is 342. The van der Waals surface area contributed by atoms with Gasteiger partial charge >= 0.3 is 0 Å². The van der Waals surface area contributed by atoms with Gasteiger partial charge in [-0.15, -0.1) is 5.10 Å². The van der Waals surface area contributed by atoms with E-state index in [0.717, 1.165) is 29.6 Å². The monoisotopic (exact) mass is 290 g/mol. The average molecular weight is 292 g/mol. The minimum atomic E-state index is 0.293. The van der Waals surface area contributed by atoms with Crippen LogP contribution in [0.5, 0.6) is 0 Å². The summed E-state index contributed by atoms with van der Waals surface area (Å²) in [6.45, 7) is 0.868. The maximum atomic E-state index is 5.77. The van der Waals surface area contributed by atoms with Crippen LogP contribution in [0.3, 0.4) is 0 Å². The van der Waals surface area contributed by atoms with E-state index in [0.29, 0.717) is 11.3 Å².